The Morgan fingerprint density at radius 1 is 1.15 bits per heavy atom. The van der Waals surface area contributed by atoms with E-state index in [9.17, 15) is 19.2 Å². The van der Waals surface area contributed by atoms with Crippen molar-refractivity contribution in [3.63, 3.8) is 0 Å². The molecule has 3 aromatic rings. The molecule has 5 heterocycles. The topological polar surface area (TPSA) is 161 Å². The van der Waals surface area contributed by atoms with Crippen molar-refractivity contribution in [2.45, 2.75) is 33.1 Å². The summed E-state index contributed by atoms with van der Waals surface area (Å²) in [5.41, 5.74) is 10.1. The Balaban J connectivity index is 1.28. The summed E-state index contributed by atoms with van der Waals surface area (Å²) in [4.78, 5) is 68.9. The molecular weight excluding hydrogens is 606 g/mol. The Morgan fingerprint density at radius 3 is 2.63 bits per heavy atom. The number of aldehydes is 1. The number of H-pyrrole nitrogens is 1. The highest BCUT2D eigenvalue weighted by atomic mass is 32.1. The number of aromatic amines is 1. The summed E-state index contributed by atoms with van der Waals surface area (Å²) in [5, 5.41) is 2.55. The molecule has 0 bridgehead atoms. The quantitative estimate of drug-likeness (QED) is 0.296. The molecule has 0 radical (unpaired) electrons. The number of nitrogens with zero attached hydrogens (tertiary/aromatic N) is 4. The van der Waals surface area contributed by atoms with E-state index in [2.05, 4.69) is 34.1 Å². The average Bonchev–Trinajstić information content (AvgIpc) is 3.56. The molecule has 4 N–H and O–H groups in total. The number of hydrogen-bond donors (Lipinski definition) is 2. The van der Waals surface area contributed by atoms with E-state index in [0.29, 0.717) is 62.5 Å². The van der Waals surface area contributed by atoms with Crippen molar-refractivity contribution < 1.29 is 28.9 Å². The summed E-state index contributed by atoms with van der Waals surface area (Å²) < 4.78 is 5.31. The number of carbonyl (C=O) groups is 4. The molecule has 3 amide bonds. The fourth-order valence-corrected chi connectivity index (χ4v) is 7.79. The lowest BCUT2D eigenvalue weighted by molar-refractivity contribution is -0.363. The summed E-state index contributed by atoms with van der Waals surface area (Å²) >= 11 is 1.56. The van der Waals surface area contributed by atoms with Crippen molar-refractivity contribution in [3.05, 3.63) is 74.2 Å². The molecule has 3 aromatic heterocycles. The first-order chi connectivity index (χ1) is 22.1. The Morgan fingerprint density at radius 2 is 1.93 bits per heavy atom. The number of rotatable bonds is 7. The van der Waals surface area contributed by atoms with Crippen molar-refractivity contribution in [2.24, 2.45) is 16.1 Å². The molecule has 0 saturated carbocycles. The molecule has 0 unspecified atom stereocenters. The molecule has 1 saturated heterocycles. The van der Waals surface area contributed by atoms with Gasteiger partial charge in [-0.05, 0) is 53.7 Å². The van der Waals surface area contributed by atoms with Crippen molar-refractivity contribution in [2.75, 3.05) is 44.8 Å². The summed E-state index contributed by atoms with van der Waals surface area (Å²) in [6.07, 6.45) is 7.66. The fraction of sp³-hybridized carbons (Fsp3) is 0.364. The van der Waals surface area contributed by atoms with Crippen LogP contribution >= 0.6 is 11.3 Å². The second-order valence-electron chi connectivity index (χ2n) is 12.3. The zero-order chi connectivity index (χ0) is 32.6. The van der Waals surface area contributed by atoms with Gasteiger partial charge in [0, 0.05) is 48.9 Å². The van der Waals surface area contributed by atoms with Gasteiger partial charge < -0.3 is 20.7 Å². The predicted octanol–water partition coefficient (Wildman–Crippen LogP) is 2.39. The molecular formula is C33H36N7O5S+. The van der Waals surface area contributed by atoms with Gasteiger partial charge in [0.05, 0.1) is 31.5 Å². The molecule has 1 fully saturated rings. The van der Waals surface area contributed by atoms with E-state index in [0.717, 1.165) is 23.3 Å². The van der Waals surface area contributed by atoms with Crippen LogP contribution in [0.5, 0.6) is 0 Å². The zero-order valence-corrected chi connectivity index (χ0v) is 26.8. The largest absolute Gasteiger partial charge is 0.398 e. The number of anilines is 1. The first-order valence-electron chi connectivity index (χ1n) is 15.2. The van der Waals surface area contributed by atoms with Crippen LogP contribution in [0.4, 0.5) is 11.6 Å². The highest BCUT2D eigenvalue weighted by molar-refractivity contribution is 7.14. The summed E-state index contributed by atoms with van der Waals surface area (Å²) in [6.45, 7) is 6.91. The minimum atomic E-state index is -0.527. The van der Waals surface area contributed by atoms with Crippen molar-refractivity contribution >= 4 is 58.4 Å². The van der Waals surface area contributed by atoms with Crippen LogP contribution < -0.4 is 20.9 Å². The van der Waals surface area contributed by atoms with Gasteiger partial charge >= 0.3 is 5.91 Å². The Labute approximate surface area is 270 Å². The molecule has 0 atom stereocenters. The molecule has 12 nitrogen and oxygen atoms in total. The highest BCUT2D eigenvalue weighted by Crippen LogP contribution is 2.45. The van der Waals surface area contributed by atoms with Gasteiger partial charge in [-0.25, -0.2) is 19.8 Å². The smallest absolute Gasteiger partial charge is 0.351 e. The summed E-state index contributed by atoms with van der Waals surface area (Å²) in [7, 11) is 1.46. The number of fused-ring (bicyclic) bond motifs is 3. The fourth-order valence-electron chi connectivity index (χ4n) is 6.22. The van der Waals surface area contributed by atoms with Crippen LogP contribution in [0.1, 0.15) is 65.8 Å². The van der Waals surface area contributed by atoms with E-state index in [1.54, 1.807) is 45.5 Å². The molecule has 0 spiro atoms. The second-order valence-corrected chi connectivity index (χ2v) is 13.4. The van der Waals surface area contributed by atoms with Crippen molar-refractivity contribution in [1.82, 2.24) is 15.2 Å². The van der Waals surface area contributed by atoms with Crippen molar-refractivity contribution in [3.8, 4) is 0 Å². The summed E-state index contributed by atoms with van der Waals surface area (Å²) in [5.74, 6) is -0.294. The lowest BCUT2D eigenvalue weighted by atomic mass is 9.89. The predicted molar refractivity (Wildman–Crippen MR) is 174 cm³/mol. The van der Waals surface area contributed by atoms with Crippen LogP contribution in [-0.2, 0) is 28.8 Å². The van der Waals surface area contributed by atoms with E-state index in [-0.39, 0.29) is 40.0 Å². The maximum atomic E-state index is 13.7. The number of thiophene rings is 1. The van der Waals surface area contributed by atoms with Crippen LogP contribution in [0.2, 0.25) is 0 Å². The molecule has 6 rings (SSSR count). The number of pyridine rings is 2. The van der Waals surface area contributed by atoms with Gasteiger partial charge in [0.1, 0.15) is 16.2 Å². The summed E-state index contributed by atoms with van der Waals surface area (Å²) in [6, 6.07) is 4.77. The van der Waals surface area contributed by atoms with E-state index in [1.165, 1.54) is 29.8 Å². The number of nitrogens with one attached hydrogen (secondary N) is 2. The maximum absolute atomic E-state index is 13.7. The van der Waals surface area contributed by atoms with Gasteiger partial charge in [0.15, 0.2) is 12.1 Å². The number of aliphatic imine (C=N–C) groups is 1. The van der Waals surface area contributed by atoms with Gasteiger partial charge in [-0.1, -0.05) is 13.8 Å². The number of nitrogens with two attached hydrogens (primary N) is 1. The van der Waals surface area contributed by atoms with Gasteiger partial charge in [-0.15, -0.1) is 11.3 Å². The van der Waals surface area contributed by atoms with Gasteiger partial charge in [-0.3, -0.25) is 14.4 Å². The average molecular weight is 643 g/mol. The Kier molecular flexibility index (Phi) is 8.53. The maximum Gasteiger partial charge on any atom is 0.351 e. The zero-order valence-electron chi connectivity index (χ0n) is 26.0. The van der Waals surface area contributed by atoms with Crippen molar-refractivity contribution in [1.29, 1.82) is 0 Å². The number of morpholine rings is 1. The third-order valence-corrected chi connectivity index (χ3v) is 9.78. The number of amides is 3. The molecule has 3 aliphatic rings. The third kappa shape index (κ3) is 5.95. The number of carbonyl (C=O) groups excluding carboxylic acids is 4. The van der Waals surface area contributed by atoms with Gasteiger partial charge in [0.2, 0.25) is 0 Å². The first kappa shape index (κ1) is 31.2. The normalized spacial score (nSPS) is 17.8. The minimum absolute atomic E-state index is 0.0549. The SMILES string of the molecule is CNC(=O)C(C=C(N)c1cc[nH+]c(N2CCc3c(sc4c3CC(C)(C)C4)C2=O)c1C=O)=Nc1ccc(C(=O)N2CCOCC2)cn1. The first-order valence-corrected chi connectivity index (χ1v) is 16.0. The highest BCUT2D eigenvalue weighted by Gasteiger charge is 2.42. The lowest BCUT2D eigenvalue weighted by Crippen LogP contribution is -2.41. The number of ether oxygens (including phenoxy) is 1. The van der Waals surface area contributed by atoms with Crippen LogP contribution in [0.3, 0.4) is 0 Å². The molecule has 46 heavy (non-hydrogen) atoms. The molecule has 2 aliphatic heterocycles. The Hall–Kier alpha value is -4.75. The molecule has 13 heteroatoms. The van der Waals surface area contributed by atoms with E-state index in [4.69, 9.17) is 10.5 Å². The minimum Gasteiger partial charge on any atom is -0.398 e. The Bertz CT molecular complexity index is 1790. The van der Waals surface area contributed by atoms with Crippen LogP contribution in [-0.4, -0.2) is 79.5 Å². The number of hydrogen-bond acceptors (Lipinski definition) is 9. The van der Waals surface area contributed by atoms with Crippen LogP contribution in [0.15, 0.2) is 41.7 Å². The lowest BCUT2D eigenvalue weighted by Gasteiger charge is -2.26. The monoisotopic (exact) mass is 642 g/mol. The van der Waals surface area contributed by atoms with Gasteiger partial charge in [-0.2, -0.15) is 4.90 Å². The van der Waals surface area contributed by atoms with E-state index >= 15 is 0 Å². The third-order valence-electron chi connectivity index (χ3n) is 8.51. The molecule has 0 aromatic carbocycles. The van der Waals surface area contributed by atoms with E-state index in [1.807, 2.05) is 0 Å². The second kappa shape index (κ2) is 12.6. The van der Waals surface area contributed by atoms with E-state index < -0.39 is 5.91 Å². The molecule has 238 valence electrons. The molecule has 1 aliphatic carbocycles. The number of aromatic nitrogens is 2. The van der Waals surface area contributed by atoms with Gasteiger partial charge in [0.25, 0.3) is 17.6 Å². The van der Waals surface area contributed by atoms with Crippen LogP contribution in [0.25, 0.3) is 5.70 Å². The van der Waals surface area contributed by atoms with Crippen LogP contribution in [0, 0.1) is 5.41 Å². The standard InChI is InChI=1S/C33H35N7O5S/c1-33(2)15-22-21-7-9-40(32(44)28(21)46-26(22)16-33)29-23(18-41)20(6-8-36-29)24(34)14-25(30(42)35-3)38-27-5-4-19(17-37-27)31(43)39-10-12-45-13-11-39/h4-6,8,14,17-18H,7,9-13,15-16,34H2,1-3H3,(H,35,42)/p+1.